The zero-order valence-corrected chi connectivity index (χ0v) is 23.8. The van der Waals surface area contributed by atoms with Crippen LogP contribution in [0.3, 0.4) is 0 Å². The third-order valence-corrected chi connectivity index (χ3v) is 6.77. The molecule has 0 aliphatic rings. The van der Waals surface area contributed by atoms with E-state index in [0.29, 0.717) is 19.8 Å². The highest BCUT2D eigenvalue weighted by Crippen LogP contribution is 2.27. The summed E-state index contributed by atoms with van der Waals surface area (Å²) in [5.41, 5.74) is -0.645. The molecule has 1 N–H and O–H groups in total. The van der Waals surface area contributed by atoms with Gasteiger partial charge in [-0.05, 0) is 58.2 Å². The summed E-state index contributed by atoms with van der Waals surface area (Å²) < 4.78 is 53.8. The van der Waals surface area contributed by atoms with Crippen LogP contribution in [0.15, 0.2) is 36.9 Å². The minimum absolute atomic E-state index is 0.0505. The van der Waals surface area contributed by atoms with Crippen molar-refractivity contribution in [3.05, 3.63) is 42.5 Å². The minimum atomic E-state index is -4.59. The Morgan fingerprint density at radius 3 is 2.17 bits per heavy atom. The van der Waals surface area contributed by atoms with Gasteiger partial charge < -0.3 is 14.2 Å². The molecule has 1 aromatic carbocycles. The molecule has 0 aliphatic carbocycles. The molecule has 1 unspecified atom stereocenters. The highest BCUT2D eigenvalue weighted by atomic mass is 32.3. The second-order valence-electron chi connectivity index (χ2n) is 10.5. The highest BCUT2D eigenvalue weighted by molar-refractivity contribution is 7.80. The average Bonchev–Trinajstić information content (AvgIpc) is 2.79. The molecule has 0 aliphatic heterocycles. The summed E-state index contributed by atoms with van der Waals surface area (Å²) in [4.78, 5) is 0. The molecule has 0 saturated heterocycles. The second kappa shape index (κ2) is 16.4. The normalized spacial score (nSPS) is 13.5. The number of aryl methyl sites for hydroxylation is 1. The number of hydrogen-bond donors (Lipinski definition) is 1. The lowest BCUT2D eigenvalue weighted by Gasteiger charge is -2.36. The summed E-state index contributed by atoms with van der Waals surface area (Å²) in [7, 11) is -4.59. The van der Waals surface area contributed by atoms with E-state index in [0.717, 1.165) is 12.2 Å². The Kier molecular flexibility index (Phi) is 14.8. The fourth-order valence-electron chi connectivity index (χ4n) is 3.77. The molecule has 0 amide bonds. The molecule has 0 heterocycles. The molecule has 1 atom stereocenters. The molecule has 0 aromatic heterocycles. The standard InChI is InChI=1S/C28H48O7S/c1-7-9-10-11-12-13-14-15-24-16-18-26(19-17-24)33-22-25(21-32-20-8-2)28(5,6)34-23-27(3,4)35-36(29,30)31/h8,16-19,25H,2,7,9-15,20-23H2,1,3-6H3,(H,29,30,31). The molecule has 0 fully saturated rings. The van der Waals surface area contributed by atoms with Gasteiger partial charge in [0.05, 0.1) is 32.0 Å². The van der Waals surface area contributed by atoms with Crippen molar-refractivity contribution in [1.82, 2.24) is 0 Å². The minimum Gasteiger partial charge on any atom is -0.493 e. The predicted molar refractivity (Wildman–Crippen MR) is 145 cm³/mol. The van der Waals surface area contributed by atoms with Crippen LogP contribution in [0, 0.1) is 5.92 Å². The van der Waals surface area contributed by atoms with E-state index in [2.05, 4.69) is 25.6 Å². The molecule has 0 saturated carbocycles. The van der Waals surface area contributed by atoms with Crippen molar-refractivity contribution in [3.8, 4) is 5.75 Å². The molecule has 36 heavy (non-hydrogen) atoms. The fourth-order valence-corrected chi connectivity index (χ4v) is 4.38. The van der Waals surface area contributed by atoms with Gasteiger partial charge in [0.15, 0.2) is 0 Å². The van der Waals surface area contributed by atoms with E-state index in [1.54, 1.807) is 6.08 Å². The third-order valence-electron chi connectivity index (χ3n) is 6.10. The number of hydrogen-bond acceptors (Lipinski definition) is 6. The van der Waals surface area contributed by atoms with E-state index >= 15 is 0 Å². The van der Waals surface area contributed by atoms with Crippen LogP contribution in [0.4, 0.5) is 0 Å². The molecule has 208 valence electrons. The van der Waals surface area contributed by atoms with Crippen LogP contribution < -0.4 is 4.74 Å². The molecule has 1 rings (SSSR count). The van der Waals surface area contributed by atoms with Gasteiger partial charge in [0.2, 0.25) is 0 Å². The first kappa shape index (κ1) is 32.6. The van der Waals surface area contributed by atoms with E-state index in [-0.39, 0.29) is 12.5 Å². The van der Waals surface area contributed by atoms with Crippen LogP contribution in [0.1, 0.15) is 85.1 Å². The van der Waals surface area contributed by atoms with Gasteiger partial charge in [0.25, 0.3) is 0 Å². The van der Waals surface area contributed by atoms with Gasteiger partial charge in [-0.25, -0.2) is 4.18 Å². The Hall–Kier alpha value is -1.45. The topological polar surface area (TPSA) is 91.3 Å². The number of benzene rings is 1. The van der Waals surface area contributed by atoms with E-state index in [9.17, 15) is 8.42 Å². The van der Waals surface area contributed by atoms with E-state index < -0.39 is 21.6 Å². The van der Waals surface area contributed by atoms with E-state index in [1.807, 2.05) is 26.0 Å². The molecule has 7 nitrogen and oxygen atoms in total. The van der Waals surface area contributed by atoms with Crippen molar-refractivity contribution < 1.29 is 31.4 Å². The SMILES string of the molecule is C=CCOCC(COc1ccc(CCCCCCCCC)cc1)C(C)(C)OCC(C)(C)OS(=O)(=O)O. The maximum absolute atomic E-state index is 11.1. The largest absolute Gasteiger partial charge is 0.493 e. The van der Waals surface area contributed by atoms with Gasteiger partial charge in [-0.2, -0.15) is 8.42 Å². The first-order chi connectivity index (χ1) is 16.9. The first-order valence-electron chi connectivity index (χ1n) is 13.1. The van der Waals surface area contributed by atoms with E-state index in [1.165, 1.54) is 64.4 Å². The fraction of sp³-hybridized carbons (Fsp3) is 0.714. The lowest BCUT2D eigenvalue weighted by molar-refractivity contribution is -0.127. The Morgan fingerprint density at radius 2 is 1.58 bits per heavy atom. The highest BCUT2D eigenvalue weighted by Gasteiger charge is 2.35. The van der Waals surface area contributed by atoms with Crippen LogP contribution in [0.25, 0.3) is 0 Å². The molecule has 0 radical (unpaired) electrons. The van der Waals surface area contributed by atoms with Gasteiger partial charge >= 0.3 is 10.4 Å². The molecule has 0 spiro atoms. The summed E-state index contributed by atoms with van der Waals surface area (Å²) in [6.45, 7) is 13.8. The zero-order valence-electron chi connectivity index (χ0n) is 23.0. The summed E-state index contributed by atoms with van der Waals surface area (Å²) in [5.74, 6) is 0.615. The Balaban J connectivity index is 2.62. The maximum atomic E-state index is 11.1. The molecule has 0 bridgehead atoms. The summed E-state index contributed by atoms with van der Waals surface area (Å²) in [5, 5.41) is 0. The van der Waals surface area contributed by atoms with Crippen LogP contribution >= 0.6 is 0 Å². The third kappa shape index (κ3) is 15.0. The summed E-state index contributed by atoms with van der Waals surface area (Å²) in [6, 6.07) is 8.23. The quantitative estimate of drug-likeness (QED) is 0.110. The van der Waals surface area contributed by atoms with Crippen molar-refractivity contribution in [2.45, 2.75) is 97.2 Å². The van der Waals surface area contributed by atoms with Gasteiger partial charge in [0.1, 0.15) is 11.4 Å². The predicted octanol–water partition coefficient (Wildman–Crippen LogP) is 6.57. The summed E-state index contributed by atoms with van der Waals surface area (Å²) in [6.07, 6.45) is 11.9. The van der Waals surface area contributed by atoms with Gasteiger partial charge in [-0.1, -0.05) is 63.7 Å². The van der Waals surface area contributed by atoms with Crippen LogP contribution in [0.5, 0.6) is 5.75 Å². The van der Waals surface area contributed by atoms with Crippen LogP contribution in [0.2, 0.25) is 0 Å². The Bertz CT molecular complexity index is 832. The van der Waals surface area contributed by atoms with Crippen molar-refractivity contribution in [2.75, 3.05) is 26.4 Å². The molecule has 1 aromatic rings. The lowest BCUT2D eigenvalue weighted by Crippen LogP contribution is -2.45. The smallest absolute Gasteiger partial charge is 0.397 e. The van der Waals surface area contributed by atoms with Crippen molar-refractivity contribution in [1.29, 1.82) is 0 Å². The van der Waals surface area contributed by atoms with E-state index in [4.69, 9.17) is 22.9 Å². The average molecular weight is 529 g/mol. The van der Waals surface area contributed by atoms with Crippen molar-refractivity contribution in [2.24, 2.45) is 5.92 Å². The van der Waals surface area contributed by atoms with Gasteiger partial charge in [-0.15, -0.1) is 6.58 Å². The molecular formula is C28H48O7S. The number of rotatable bonds is 21. The number of unbranched alkanes of at least 4 members (excludes halogenated alkanes) is 6. The summed E-state index contributed by atoms with van der Waals surface area (Å²) >= 11 is 0. The Labute approximate surface area is 219 Å². The van der Waals surface area contributed by atoms with Crippen LogP contribution in [-0.2, 0) is 30.5 Å². The monoisotopic (exact) mass is 528 g/mol. The van der Waals surface area contributed by atoms with Crippen LogP contribution in [-0.4, -0.2) is 50.6 Å². The zero-order chi connectivity index (χ0) is 27.1. The maximum Gasteiger partial charge on any atom is 0.397 e. The van der Waals surface area contributed by atoms with Gasteiger partial charge in [-0.3, -0.25) is 4.55 Å². The molecular weight excluding hydrogens is 480 g/mol. The van der Waals surface area contributed by atoms with Crippen molar-refractivity contribution >= 4 is 10.4 Å². The second-order valence-corrected chi connectivity index (χ2v) is 11.5. The number of ether oxygens (including phenoxy) is 3. The molecule has 8 heteroatoms. The Morgan fingerprint density at radius 1 is 0.972 bits per heavy atom. The first-order valence-corrected chi connectivity index (χ1v) is 14.5. The van der Waals surface area contributed by atoms with Gasteiger partial charge in [0, 0.05) is 5.92 Å². The lowest BCUT2D eigenvalue weighted by atomic mass is 9.91. The van der Waals surface area contributed by atoms with Crippen molar-refractivity contribution in [3.63, 3.8) is 0 Å².